The van der Waals surface area contributed by atoms with Crippen LogP contribution in [0, 0.1) is 11.3 Å². The molecular weight excluding hydrogens is 194 g/mol. The van der Waals surface area contributed by atoms with E-state index in [1.54, 1.807) is 25.2 Å². The molecule has 0 fully saturated rings. The Bertz CT molecular complexity index is 589. The number of fused-ring (bicyclic) bond motifs is 1. The van der Waals surface area contributed by atoms with Crippen molar-refractivity contribution in [3.63, 3.8) is 0 Å². The van der Waals surface area contributed by atoms with Crippen LogP contribution in [0.4, 0.5) is 5.69 Å². The van der Waals surface area contributed by atoms with Crippen molar-refractivity contribution >= 4 is 16.8 Å². The molecule has 1 heterocycles. The monoisotopic (exact) mass is 203 g/mol. The lowest BCUT2D eigenvalue weighted by molar-refractivity contribution is 0.528. The third kappa shape index (κ3) is 1.57. The third-order valence-corrected chi connectivity index (χ3v) is 2.16. The van der Waals surface area contributed by atoms with Gasteiger partial charge in [-0.1, -0.05) is 0 Å². The summed E-state index contributed by atoms with van der Waals surface area (Å²) in [7, 11) is 1.65. The Hall–Kier alpha value is -2.22. The lowest BCUT2D eigenvalue weighted by atomic mass is 10.3. The molecule has 0 aliphatic carbocycles. The van der Waals surface area contributed by atoms with Gasteiger partial charge in [-0.05, 0) is 12.1 Å². The fourth-order valence-electron chi connectivity index (χ4n) is 1.39. The van der Waals surface area contributed by atoms with Crippen molar-refractivity contribution in [2.24, 2.45) is 7.05 Å². The summed E-state index contributed by atoms with van der Waals surface area (Å²) in [6.45, 7) is 0.225. The quantitative estimate of drug-likeness (QED) is 0.741. The van der Waals surface area contributed by atoms with Crippen molar-refractivity contribution in [1.29, 1.82) is 5.26 Å². The number of oxazole rings is 1. The number of anilines is 1. The van der Waals surface area contributed by atoms with Gasteiger partial charge in [0, 0.05) is 18.8 Å². The third-order valence-electron chi connectivity index (χ3n) is 2.16. The molecule has 0 unspecified atom stereocenters. The minimum atomic E-state index is -0.387. The maximum atomic E-state index is 11.2. The number of nitriles is 1. The predicted molar refractivity (Wildman–Crippen MR) is 55.6 cm³/mol. The SMILES string of the molecule is Cn1c(=O)oc2cc(NCC#N)ccc21. The predicted octanol–water partition coefficient (Wildman–Crippen LogP) is 1.07. The summed E-state index contributed by atoms with van der Waals surface area (Å²) in [5, 5.41) is 11.3. The zero-order valence-corrected chi connectivity index (χ0v) is 8.15. The Morgan fingerprint density at radius 2 is 2.40 bits per heavy atom. The molecule has 0 saturated carbocycles. The number of hydrogen-bond donors (Lipinski definition) is 1. The summed E-state index contributed by atoms with van der Waals surface area (Å²) < 4.78 is 6.44. The molecule has 76 valence electrons. The van der Waals surface area contributed by atoms with E-state index >= 15 is 0 Å². The summed E-state index contributed by atoms with van der Waals surface area (Å²) in [5.41, 5.74) is 2.02. The molecular formula is C10H9N3O2. The zero-order valence-electron chi connectivity index (χ0n) is 8.15. The van der Waals surface area contributed by atoms with Crippen LogP contribution in [0.25, 0.3) is 11.1 Å². The minimum absolute atomic E-state index is 0.225. The van der Waals surface area contributed by atoms with Gasteiger partial charge in [-0.2, -0.15) is 5.26 Å². The summed E-state index contributed by atoms with van der Waals surface area (Å²) in [5.74, 6) is -0.387. The Kier molecular flexibility index (Phi) is 2.18. The summed E-state index contributed by atoms with van der Waals surface area (Å²) >= 11 is 0. The molecule has 2 rings (SSSR count). The number of aromatic nitrogens is 1. The molecule has 1 N–H and O–H groups in total. The van der Waals surface area contributed by atoms with E-state index in [0.717, 1.165) is 11.2 Å². The normalized spacial score (nSPS) is 10.1. The summed E-state index contributed by atoms with van der Waals surface area (Å²) in [6, 6.07) is 7.25. The van der Waals surface area contributed by atoms with Crippen LogP contribution >= 0.6 is 0 Å². The molecule has 0 aliphatic rings. The van der Waals surface area contributed by atoms with E-state index in [-0.39, 0.29) is 12.3 Å². The van der Waals surface area contributed by atoms with Crippen LogP contribution in [0.1, 0.15) is 0 Å². The molecule has 0 saturated heterocycles. The molecule has 0 aliphatic heterocycles. The molecule has 5 nitrogen and oxygen atoms in total. The van der Waals surface area contributed by atoms with Gasteiger partial charge in [0.2, 0.25) is 0 Å². The maximum Gasteiger partial charge on any atom is 0.419 e. The van der Waals surface area contributed by atoms with Gasteiger partial charge in [-0.3, -0.25) is 4.57 Å². The van der Waals surface area contributed by atoms with Crippen molar-refractivity contribution in [3.05, 3.63) is 28.7 Å². The average Bonchev–Trinajstić information content (AvgIpc) is 2.52. The van der Waals surface area contributed by atoms with E-state index in [1.807, 2.05) is 6.07 Å². The van der Waals surface area contributed by atoms with Gasteiger partial charge < -0.3 is 9.73 Å². The molecule has 0 bridgehead atoms. The standard InChI is InChI=1S/C10H9N3O2/c1-13-8-3-2-7(12-5-4-11)6-9(8)15-10(13)14/h2-3,6,12H,5H2,1H3. The molecule has 2 aromatic rings. The van der Waals surface area contributed by atoms with E-state index in [2.05, 4.69) is 5.32 Å². The van der Waals surface area contributed by atoms with Crippen LogP contribution in [-0.2, 0) is 7.05 Å². The van der Waals surface area contributed by atoms with E-state index in [9.17, 15) is 4.79 Å². The highest BCUT2D eigenvalue weighted by Crippen LogP contribution is 2.17. The number of nitrogens with zero attached hydrogens (tertiary/aromatic N) is 2. The fraction of sp³-hybridized carbons (Fsp3) is 0.200. The van der Waals surface area contributed by atoms with Crippen LogP contribution in [0.3, 0.4) is 0 Å². The average molecular weight is 203 g/mol. The van der Waals surface area contributed by atoms with Crippen LogP contribution in [0.5, 0.6) is 0 Å². The summed E-state index contributed by atoms with van der Waals surface area (Å²) in [4.78, 5) is 11.2. The molecule has 0 radical (unpaired) electrons. The van der Waals surface area contributed by atoms with E-state index in [4.69, 9.17) is 9.68 Å². The fourth-order valence-corrected chi connectivity index (χ4v) is 1.39. The highest BCUT2D eigenvalue weighted by atomic mass is 16.4. The smallest absolute Gasteiger partial charge is 0.408 e. The second kappa shape index (κ2) is 3.50. The molecule has 0 atom stereocenters. The van der Waals surface area contributed by atoms with Crippen molar-refractivity contribution < 1.29 is 4.42 Å². The molecule has 5 heteroatoms. The maximum absolute atomic E-state index is 11.2. The van der Waals surface area contributed by atoms with Crippen LogP contribution < -0.4 is 11.1 Å². The van der Waals surface area contributed by atoms with Gasteiger partial charge in [0.15, 0.2) is 5.58 Å². The number of rotatable bonds is 2. The Balaban J connectivity index is 2.49. The number of benzene rings is 1. The zero-order chi connectivity index (χ0) is 10.8. The van der Waals surface area contributed by atoms with Gasteiger partial charge in [-0.25, -0.2) is 4.79 Å². The molecule has 0 amide bonds. The number of nitrogens with one attached hydrogen (secondary N) is 1. The Morgan fingerprint density at radius 3 is 3.13 bits per heavy atom. The number of hydrogen-bond acceptors (Lipinski definition) is 4. The topological polar surface area (TPSA) is 71.0 Å². The first-order valence-corrected chi connectivity index (χ1v) is 4.43. The highest BCUT2D eigenvalue weighted by molar-refractivity contribution is 5.77. The van der Waals surface area contributed by atoms with E-state index < -0.39 is 0 Å². The van der Waals surface area contributed by atoms with Crippen molar-refractivity contribution in [2.75, 3.05) is 11.9 Å². The minimum Gasteiger partial charge on any atom is -0.408 e. The molecule has 1 aromatic carbocycles. The van der Waals surface area contributed by atoms with Crippen LogP contribution in [0.15, 0.2) is 27.4 Å². The first-order valence-electron chi connectivity index (χ1n) is 4.43. The Morgan fingerprint density at radius 1 is 1.60 bits per heavy atom. The van der Waals surface area contributed by atoms with Gasteiger partial charge in [0.1, 0.15) is 6.54 Å². The largest absolute Gasteiger partial charge is 0.419 e. The summed E-state index contributed by atoms with van der Waals surface area (Å²) in [6.07, 6.45) is 0. The first-order chi connectivity index (χ1) is 7.22. The van der Waals surface area contributed by atoms with E-state index in [0.29, 0.717) is 5.58 Å². The molecule has 0 spiro atoms. The van der Waals surface area contributed by atoms with Gasteiger partial charge in [0.25, 0.3) is 0 Å². The second-order valence-corrected chi connectivity index (χ2v) is 3.12. The van der Waals surface area contributed by atoms with Crippen molar-refractivity contribution in [2.45, 2.75) is 0 Å². The molecule has 15 heavy (non-hydrogen) atoms. The van der Waals surface area contributed by atoms with Crippen LogP contribution in [-0.4, -0.2) is 11.1 Å². The molecule has 1 aromatic heterocycles. The van der Waals surface area contributed by atoms with Gasteiger partial charge in [-0.15, -0.1) is 0 Å². The highest BCUT2D eigenvalue weighted by Gasteiger charge is 2.05. The Labute approximate surface area is 85.5 Å². The van der Waals surface area contributed by atoms with Crippen LogP contribution in [0.2, 0.25) is 0 Å². The lowest BCUT2D eigenvalue weighted by Crippen LogP contribution is -2.08. The first kappa shape index (κ1) is 9.34. The van der Waals surface area contributed by atoms with Crippen molar-refractivity contribution in [3.8, 4) is 6.07 Å². The van der Waals surface area contributed by atoms with Gasteiger partial charge in [0.05, 0.1) is 11.6 Å². The second-order valence-electron chi connectivity index (χ2n) is 3.12. The van der Waals surface area contributed by atoms with E-state index in [1.165, 1.54) is 4.57 Å². The van der Waals surface area contributed by atoms with Crippen molar-refractivity contribution in [1.82, 2.24) is 4.57 Å². The lowest BCUT2D eigenvalue weighted by Gasteiger charge is -2.00. The number of aryl methyl sites for hydroxylation is 1. The van der Waals surface area contributed by atoms with Gasteiger partial charge >= 0.3 is 5.76 Å².